The molecule has 0 atom stereocenters. The number of nitrogens with zero attached hydrogens (tertiary/aromatic N) is 2. The monoisotopic (exact) mass is 360 g/mol. The average molecular weight is 361 g/mol. The van der Waals surface area contributed by atoms with Gasteiger partial charge in [-0.25, -0.2) is 4.98 Å². The highest BCUT2D eigenvalue weighted by Gasteiger charge is 2.16. The highest BCUT2D eigenvalue weighted by atomic mass is 32.1. The number of hydrogen-bond donors (Lipinski definition) is 0. The minimum Gasteiger partial charge on any atom is -0.383 e. The topological polar surface area (TPSA) is 33.2 Å². The summed E-state index contributed by atoms with van der Waals surface area (Å²) >= 11 is 4.92. The van der Waals surface area contributed by atoms with Crippen molar-refractivity contribution in [1.29, 1.82) is 0 Å². The van der Waals surface area contributed by atoms with E-state index in [4.69, 9.17) is 0 Å². The van der Waals surface area contributed by atoms with Crippen LogP contribution in [0.25, 0.3) is 19.6 Å². The molecule has 23 heavy (non-hydrogen) atoms. The van der Waals surface area contributed by atoms with Gasteiger partial charge in [-0.15, -0.1) is 34.0 Å². The van der Waals surface area contributed by atoms with Gasteiger partial charge >= 0.3 is 0 Å². The van der Waals surface area contributed by atoms with Gasteiger partial charge in [-0.1, -0.05) is 6.07 Å². The van der Waals surface area contributed by atoms with Crippen LogP contribution in [0.5, 0.6) is 0 Å². The van der Waals surface area contributed by atoms with Crippen molar-refractivity contribution >= 4 is 39.8 Å². The summed E-state index contributed by atoms with van der Waals surface area (Å²) in [5.41, 5.74) is 0.796. The Morgan fingerprint density at radius 1 is 1.13 bits per heavy atom. The van der Waals surface area contributed by atoms with Crippen LogP contribution in [0.1, 0.15) is 15.4 Å². The fraction of sp³-hybridized carbons (Fsp3) is 0.176. The molecule has 3 rings (SSSR count). The third-order valence-electron chi connectivity index (χ3n) is 3.13. The van der Waals surface area contributed by atoms with Gasteiger partial charge in [0.15, 0.2) is 5.78 Å². The SMILES string of the molecule is Cc1nc(-c2ccc(-c3cccs3)s2)sc1C(=O)/C=C/N(C)C. The third kappa shape index (κ3) is 3.60. The molecule has 0 aromatic carbocycles. The maximum Gasteiger partial charge on any atom is 0.199 e. The second-order valence-electron chi connectivity index (χ2n) is 5.22. The number of thiophene rings is 2. The predicted octanol–water partition coefficient (Wildman–Crippen LogP) is 5.17. The molecule has 6 heteroatoms. The lowest BCUT2D eigenvalue weighted by molar-refractivity contribution is 0.104. The molecule has 3 aromatic heterocycles. The predicted molar refractivity (Wildman–Crippen MR) is 101 cm³/mol. The lowest BCUT2D eigenvalue weighted by Crippen LogP contribution is -2.02. The van der Waals surface area contributed by atoms with Crippen molar-refractivity contribution in [2.75, 3.05) is 14.1 Å². The number of carbonyl (C=O) groups excluding carboxylic acids is 1. The highest BCUT2D eigenvalue weighted by molar-refractivity contribution is 7.26. The van der Waals surface area contributed by atoms with Crippen molar-refractivity contribution in [3.63, 3.8) is 0 Å². The average Bonchev–Trinajstić information content (AvgIpc) is 3.23. The van der Waals surface area contributed by atoms with Crippen LogP contribution < -0.4 is 0 Å². The summed E-state index contributed by atoms with van der Waals surface area (Å²) in [5.74, 6) is 0.00925. The maximum absolute atomic E-state index is 12.3. The van der Waals surface area contributed by atoms with Crippen LogP contribution in [-0.4, -0.2) is 29.8 Å². The Kier molecular flexibility index (Phi) is 4.75. The zero-order chi connectivity index (χ0) is 16.4. The molecule has 0 amide bonds. The fourth-order valence-corrected chi connectivity index (χ4v) is 4.91. The van der Waals surface area contributed by atoms with Crippen LogP contribution in [0.2, 0.25) is 0 Å². The zero-order valence-electron chi connectivity index (χ0n) is 13.1. The first-order valence-corrected chi connectivity index (χ1v) is 9.56. The van der Waals surface area contributed by atoms with Gasteiger partial charge in [0, 0.05) is 36.1 Å². The second-order valence-corrected chi connectivity index (χ2v) is 8.25. The molecule has 0 saturated carbocycles. The van der Waals surface area contributed by atoms with E-state index >= 15 is 0 Å². The molecule has 3 heterocycles. The molecule has 0 aliphatic heterocycles. The van der Waals surface area contributed by atoms with E-state index in [-0.39, 0.29) is 5.78 Å². The first kappa shape index (κ1) is 16.1. The van der Waals surface area contributed by atoms with Gasteiger partial charge in [-0.3, -0.25) is 4.79 Å². The van der Waals surface area contributed by atoms with E-state index in [1.54, 1.807) is 34.9 Å². The lowest BCUT2D eigenvalue weighted by Gasteiger charge is -2.01. The first-order chi connectivity index (χ1) is 11.0. The number of aromatic nitrogens is 1. The summed E-state index contributed by atoms with van der Waals surface area (Å²) in [6.45, 7) is 1.89. The molecule has 118 valence electrons. The number of carbonyl (C=O) groups is 1. The summed E-state index contributed by atoms with van der Waals surface area (Å²) in [6, 6.07) is 8.38. The number of ketones is 1. The van der Waals surface area contributed by atoms with Crippen molar-refractivity contribution in [2.45, 2.75) is 6.92 Å². The molecular weight excluding hydrogens is 344 g/mol. The zero-order valence-corrected chi connectivity index (χ0v) is 15.5. The number of aryl methyl sites for hydroxylation is 1. The molecule has 0 spiro atoms. The third-order valence-corrected chi connectivity index (χ3v) is 6.62. The maximum atomic E-state index is 12.3. The fourth-order valence-electron chi connectivity index (χ4n) is 2.03. The number of rotatable bonds is 5. The molecule has 0 fully saturated rings. The van der Waals surface area contributed by atoms with Gasteiger partial charge in [0.05, 0.1) is 15.4 Å². The Hall–Kier alpha value is -1.76. The van der Waals surface area contributed by atoms with Crippen molar-refractivity contribution in [1.82, 2.24) is 9.88 Å². The molecule has 3 nitrogen and oxygen atoms in total. The Morgan fingerprint density at radius 3 is 2.61 bits per heavy atom. The smallest absolute Gasteiger partial charge is 0.199 e. The van der Waals surface area contributed by atoms with Gasteiger partial charge in [-0.05, 0) is 30.5 Å². The standard InChI is InChI=1S/C17H16N2OS3/c1-11-16(12(20)8-9-19(2)3)23-17(18-11)15-7-6-14(22-15)13-5-4-10-21-13/h4-10H,1-3H3/b9-8+. The van der Waals surface area contributed by atoms with Crippen molar-refractivity contribution in [3.8, 4) is 19.6 Å². The molecule has 0 saturated heterocycles. The van der Waals surface area contributed by atoms with Crippen molar-refractivity contribution in [3.05, 3.63) is 52.5 Å². The van der Waals surface area contributed by atoms with E-state index in [9.17, 15) is 4.79 Å². The highest BCUT2D eigenvalue weighted by Crippen LogP contribution is 2.38. The van der Waals surface area contributed by atoms with Gasteiger partial charge < -0.3 is 4.90 Å². The Labute approximate surface area is 147 Å². The molecular formula is C17H16N2OS3. The van der Waals surface area contributed by atoms with Crippen molar-refractivity contribution < 1.29 is 4.79 Å². The van der Waals surface area contributed by atoms with Crippen LogP contribution in [0.4, 0.5) is 0 Å². The van der Waals surface area contributed by atoms with Gasteiger partial charge in [-0.2, -0.15) is 0 Å². The summed E-state index contributed by atoms with van der Waals surface area (Å²) in [7, 11) is 3.79. The van der Waals surface area contributed by atoms with Crippen LogP contribution in [0.15, 0.2) is 41.9 Å². The largest absolute Gasteiger partial charge is 0.383 e. The van der Waals surface area contributed by atoms with E-state index in [2.05, 4.69) is 34.6 Å². The number of thiazole rings is 1. The van der Waals surface area contributed by atoms with Gasteiger partial charge in [0.2, 0.25) is 0 Å². The molecule has 0 aliphatic carbocycles. The lowest BCUT2D eigenvalue weighted by atomic mass is 10.3. The van der Waals surface area contributed by atoms with E-state index in [1.807, 2.05) is 25.9 Å². The summed E-state index contributed by atoms with van der Waals surface area (Å²) in [4.78, 5) is 23.0. The normalized spacial score (nSPS) is 11.3. The van der Waals surface area contributed by atoms with Crippen LogP contribution in [0.3, 0.4) is 0 Å². The van der Waals surface area contributed by atoms with E-state index in [0.717, 1.165) is 15.6 Å². The Balaban J connectivity index is 1.88. The molecule has 0 bridgehead atoms. The van der Waals surface area contributed by atoms with Crippen LogP contribution >= 0.6 is 34.0 Å². The Morgan fingerprint density at radius 2 is 1.91 bits per heavy atom. The van der Waals surface area contributed by atoms with Crippen molar-refractivity contribution in [2.24, 2.45) is 0 Å². The van der Waals surface area contributed by atoms with Crippen LogP contribution in [0, 0.1) is 6.92 Å². The summed E-state index contributed by atoms with van der Waals surface area (Å²) in [5, 5.41) is 2.99. The summed E-state index contributed by atoms with van der Waals surface area (Å²) < 4.78 is 0. The van der Waals surface area contributed by atoms with E-state index < -0.39 is 0 Å². The van der Waals surface area contributed by atoms with Crippen LogP contribution in [-0.2, 0) is 0 Å². The number of allylic oxidation sites excluding steroid dienone is 1. The minimum atomic E-state index is 0.00925. The number of hydrogen-bond acceptors (Lipinski definition) is 6. The second kappa shape index (κ2) is 6.78. The first-order valence-electron chi connectivity index (χ1n) is 7.05. The van der Waals surface area contributed by atoms with E-state index in [0.29, 0.717) is 4.88 Å². The Bertz CT molecular complexity index is 841. The minimum absolute atomic E-state index is 0.00925. The molecule has 0 aliphatic rings. The molecule has 0 unspecified atom stereocenters. The quantitative estimate of drug-likeness (QED) is 0.465. The molecule has 0 N–H and O–H groups in total. The molecule has 3 aromatic rings. The van der Waals surface area contributed by atoms with E-state index in [1.165, 1.54) is 21.1 Å². The molecule has 0 radical (unpaired) electrons. The van der Waals surface area contributed by atoms with Gasteiger partial charge in [0.1, 0.15) is 5.01 Å². The summed E-state index contributed by atoms with van der Waals surface area (Å²) in [6.07, 6.45) is 3.36. The van der Waals surface area contributed by atoms with Gasteiger partial charge in [0.25, 0.3) is 0 Å².